The molecule has 3 aromatic rings. The lowest BCUT2D eigenvalue weighted by atomic mass is 10.0. The molecule has 8 nitrogen and oxygen atoms in total. The molecule has 9 heteroatoms. The van der Waals surface area contributed by atoms with Crippen molar-refractivity contribution in [2.45, 2.75) is 19.1 Å². The average Bonchev–Trinajstić information content (AvgIpc) is 2.83. The van der Waals surface area contributed by atoms with Crippen molar-refractivity contribution in [3.05, 3.63) is 102 Å². The number of hydrogen-bond acceptors (Lipinski definition) is 5. The molecule has 1 N–H and O–H groups in total. The molecular weight excluding hydrogens is 452 g/mol. The number of carbonyl (C=O) groups excluding carboxylic acids is 2. The van der Waals surface area contributed by atoms with Crippen LogP contribution in [0, 0.1) is 0 Å². The van der Waals surface area contributed by atoms with Crippen LogP contribution in [0.1, 0.15) is 22.9 Å². The van der Waals surface area contributed by atoms with Crippen molar-refractivity contribution in [2.24, 2.45) is 0 Å². The Kier molecular flexibility index (Phi) is 8.50. The number of aromatic nitrogens is 1. The Bertz CT molecular complexity index is 1190. The number of hydrogen-bond donors (Lipinski definition) is 1. The number of likely N-dealkylation sites (N-methyl/N-ethyl adjacent to an activating group) is 1. The van der Waals surface area contributed by atoms with Gasteiger partial charge in [-0.1, -0.05) is 66.7 Å². The summed E-state index contributed by atoms with van der Waals surface area (Å²) in [6.07, 6.45) is 2.68. The van der Waals surface area contributed by atoms with E-state index in [-0.39, 0.29) is 25.5 Å². The first-order valence-corrected chi connectivity index (χ1v) is 12.6. The molecule has 1 atom stereocenters. The minimum absolute atomic E-state index is 0.133. The van der Waals surface area contributed by atoms with Gasteiger partial charge in [-0.05, 0) is 23.3 Å². The monoisotopic (exact) mass is 480 g/mol. The van der Waals surface area contributed by atoms with E-state index in [0.29, 0.717) is 11.3 Å². The van der Waals surface area contributed by atoms with Gasteiger partial charge in [-0.2, -0.15) is 4.31 Å². The van der Waals surface area contributed by atoms with E-state index in [1.807, 2.05) is 42.5 Å². The SMILES string of the molecule is CN(CC(=O)N(Cc1ccccc1)C(C(=O)NCc1ccccn1)c1ccccc1)S(C)(=O)=O. The summed E-state index contributed by atoms with van der Waals surface area (Å²) in [7, 11) is -2.24. The molecule has 0 bridgehead atoms. The number of nitrogens with zero attached hydrogens (tertiary/aromatic N) is 3. The molecule has 2 amide bonds. The number of amides is 2. The molecule has 0 aliphatic carbocycles. The lowest BCUT2D eigenvalue weighted by molar-refractivity contribution is -0.141. The molecule has 178 valence electrons. The van der Waals surface area contributed by atoms with Crippen molar-refractivity contribution >= 4 is 21.8 Å². The Hall–Kier alpha value is -3.56. The normalized spacial score (nSPS) is 12.2. The average molecular weight is 481 g/mol. The zero-order valence-electron chi connectivity index (χ0n) is 19.2. The van der Waals surface area contributed by atoms with Crippen LogP contribution in [0.4, 0.5) is 0 Å². The molecule has 0 spiro atoms. The highest BCUT2D eigenvalue weighted by molar-refractivity contribution is 7.88. The summed E-state index contributed by atoms with van der Waals surface area (Å²) in [4.78, 5) is 32.5. The van der Waals surface area contributed by atoms with Crippen molar-refractivity contribution in [1.29, 1.82) is 0 Å². The predicted octanol–water partition coefficient (Wildman–Crippen LogP) is 2.36. The summed E-state index contributed by atoms with van der Waals surface area (Å²) in [5.74, 6) is -0.873. The van der Waals surface area contributed by atoms with Gasteiger partial charge in [0.25, 0.3) is 0 Å². The number of carbonyl (C=O) groups is 2. The second-order valence-corrected chi connectivity index (χ2v) is 9.97. The molecule has 0 fully saturated rings. The van der Waals surface area contributed by atoms with Gasteiger partial charge in [0.2, 0.25) is 21.8 Å². The van der Waals surface area contributed by atoms with Crippen molar-refractivity contribution in [1.82, 2.24) is 19.5 Å². The summed E-state index contributed by atoms with van der Waals surface area (Å²) >= 11 is 0. The zero-order valence-corrected chi connectivity index (χ0v) is 20.0. The van der Waals surface area contributed by atoms with Crippen molar-refractivity contribution in [2.75, 3.05) is 19.8 Å². The summed E-state index contributed by atoms with van der Waals surface area (Å²) in [6.45, 7) is -0.0595. The van der Waals surface area contributed by atoms with E-state index in [1.54, 1.807) is 42.6 Å². The zero-order chi connectivity index (χ0) is 24.6. The minimum Gasteiger partial charge on any atom is -0.348 e. The van der Waals surface area contributed by atoms with Crippen LogP contribution in [0.25, 0.3) is 0 Å². The summed E-state index contributed by atoms with van der Waals surface area (Å²) in [6, 6.07) is 22.7. The summed E-state index contributed by atoms with van der Waals surface area (Å²) < 4.78 is 24.9. The summed E-state index contributed by atoms with van der Waals surface area (Å²) in [5.41, 5.74) is 2.11. The molecule has 0 radical (unpaired) electrons. The second-order valence-electron chi connectivity index (χ2n) is 7.88. The Labute approximate surface area is 200 Å². The predicted molar refractivity (Wildman–Crippen MR) is 130 cm³/mol. The molecule has 0 aliphatic rings. The first kappa shape index (κ1) is 25.1. The highest BCUT2D eigenvalue weighted by atomic mass is 32.2. The van der Waals surface area contributed by atoms with E-state index < -0.39 is 22.0 Å². The fraction of sp³-hybridized carbons (Fsp3) is 0.240. The molecule has 1 aromatic heterocycles. The maximum Gasteiger partial charge on any atom is 0.247 e. The van der Waals surface area contributed by atoms with E-state index in [0.717, 1.165) is 16.1 Å². The largest absolute Gasteiger partial charge is 0.348 e. The third-order valence-corrected chi connectivity index (χ3v) is 6.55. The van der Waals surface area contributed by atoms with E-state index in [2.05, 4.69) is 10.3 Å². The van der Waals surface area contributed by atoms with Crippen molar-refractivity contribution < 1.29 is 18.0 Å². The van der Waals surface area contributed by atoms with Crippen LogP contribution in [0.2, 0.25) is 0 Å². The van der Waals surface area contributed by atoms with Gasteiger partial charge in [0, 0.05) is 19.8 Å². The van der Waals surface area contributed by atoms with Crippen LogP contribution in [-0.4, -0.2) is 54.3 Å². The van der Waals surface area contributed by atoms with E-state index in [9.17, 15) is 18.0 Å². The van der Waals surface area contributed by atoms with Gasteiger partial charge in [-0.25, -0.2) is 8.42 Å². The molecule has 1 heterocycles. The van der Waals surface area contributed by atoms with Crippen LogP contribution in [0.5, 0.6) is 0 Å². The quantitative estimate of drug-likeness (QED) is 0.480. The van der Waals surface area contributed by atoms with Gasteiger partial charge >= 0.3 is 0 Å². The Morgan fingerprint density at radius 1 is 0.941 bits per heavy atom. The fourth-order valence-corrected chi connectivity index (χ4v) is 3.73. The summed E-state index contributed by atoms with van der Waals surface area (Å²) in [5, 5.41) is 2.88. The molecule has 1 unspecified atom stereocenters. The molecule has 3 rings (SSSR count). The number of rotatable bonds is 10. The van der Waals surface area contributed by atoms with E-state index in [1.165, 1.54) is 11.9 Å². The lowest BCUT2D eigenvalue weighted by Crippen LogP contribution is -2.47. The lowest BCUT2D eigenvalue weighted by Gasteiger charge is -2.32. The standard InChI is InChI=1S/C25H28N4O4S/c1-28(34(2,32)33)19-23(30)29(18-20-11-5-3-6-12-20)24(21-13-7-4-8-14-21)25(31)27-17-22-15-9-10-16-26-22/h3-16,24H,17-19H2,1-2H3,(H,27,31). The Morgan fingerprint density at radius 3 is 2.15 bits per heavy atom. The highest BCUT2D eigenvalue weighted by Gasteiger charge is 2.32. The number of benzene rings is 2. The highest BCUT2D eigenvalue weighted by Crippen LogP contribution is 2.24. The van der Waals surface area contributed by atoms with Gasteiger partial charge in [0.05, 0.1) is 25.0 Å². The number of pyridine rings is 1. The van der Waals surface area contributed by atoms with Gasteiger partial charge < -0.3 is 10.2 Å². The van der Waals surface area contributed by atoms with E-state index >= 15 is 0 Å². The van der Waals surface area contributed by atoms with Crippen LogP contribution < -0.4 is 5.32 Å². The number of nitrogens with one attached hydrogen (secondary N) is 1. The minimum atomic E-state index is -3.58. The van der Waals surface area contributed by atoms with Crippen LogP contribution in [0.15, 0.2) is 85.1 Å². The van der Waals surface area contributed by atoms with Crippen LogP contribution >= 0.6 is 0 Å². The molecule has 0 aliphatic heterocycles. The van der Waals surface area contributed by atoms with Gasteiger partial charge in [-0.15, -0.1) is 0 Å². The molecule has 0 saturated carbocycles. The third-order valence-electron chi connectivity index (χ3n) is 5.29. The Balaban J connectivity index is 1.96. The van der Waals surface area contributed by atoms with Gasteiger partial charge in [0.1, 0.15) is 6.04 Å². The van der Waals surface area contributed by atoms with Crippen LogP contribution in [-0.2, 0) is 32.7 Å². The molecule has 0 saturated heterocycles. The third kappa shape index (κ3) is 6.97. The fourth-order valence-electron chi connectivity index (χ4n) is 3.39. The number of sulfonamides is 1. The molecule has 2 aromatic carbocycles. The molecular formula is C25H28N4O4S. The molecule has 34 heavy (non-hydrogen) atoms. The smallest absolute Gasteiger partial charge is 0.247 e. The Morgan fingerprint density at radius 2 is 1.56 bits per heavy atom. The van der Waals surface area contributed by atoms with Crippen molar-refractivity contribution in [3.63, 3.8) is 0 Å². The van der Waals surface area contributed by atoms with Crippen LogP contribution in [0.3, 0.4) is 0 Å². The first-order valence-electron chi connectivity index (χ1n) is 10.7. The van der Waals surface area contributed by atoms with Gasteiger partial charge in [-0.3, -0.25) is 14.6 Å². The maximum absolute atomic E-state index is 13.5. The van der Waals surface area contributed by atoms with Crippen molar-refractivity contribution in [3.8, 4) is 0 Å². The second kappa shape index (κ2) is 11.5. The topological polar surface area (TPSA) is 99.7 Å². The maximum atomic E-state index is 13.5. The van der Waals surface area contributed by atoms with E-state index in [4.69, 9.17) is 0 Å². The first-order chi connectivity index (χ1) is 16.3. The van der Waals surface area contributed by atoms with Gasteiger partial charge in [0.15, 0.2) is 0 Å².